The first kappa shape index (κ1) is 15.6. The molecule has 0 N–H and O–H groups in total. The Hall–Kier alpha value is -1.78. The zero-order valence-electron chi connectivity index (χ0n) is 11.7. The first-order chi connectivity index (χ1) is 9.88. The van der Waals surface area contributed by atoms with Crippen molar-refractivity contribution in [1.29, 1.82) is 0 Å². The normalized spacial score (nSPS) is 14.3. The summed E-state index contributed by atoms with van der Waals surface area (Å²) in [5, 5.41) is 0. The van der Waals surface area contributed by atoms with Gasteiger partial charge in [-0.2, -0.15) is 0 Å². The highest BCUT2D eigenvalue weighted by Crippen LogP contribution is 2.38. The van der Waals surface area contributed by atoms with Crippen molar-refractivity contribution in [3.05, 3.63) is 51.2 Å². The summed E-state index contributed by atoms with van der Waals surface area (Å²) in [6.07, 6.45) is 1.18. The van der Waals surface area contributed by atoms with E-state index >= 15 is 0 Å². The van der Waals surface area contributed by atoms with E-state index in [2.05, 4.69) is 4.74 Å². The van der Waals surface area contributed by atoms with Crippen LogP contribution in [0.3, 0.4) is 0 Å². The highest BCUT2D eigenvalue weighted by atomic mass is 35.5. The van der Waals surface area contributed by atoms with Crippen molar-refractivity contribution in [2.45, 2.75) is 13.8 Å². The summed E-state index contributed by atoms with van der Waals surface area (Å²) in [4.78, 5) is 25.5. The highest BCUT2D eigenvalue weighted by Gasteiger charge is 2.36. The van der Waals surface area contributed by atoms with E-state index in [-0.39, 0.29) is 21.7 Å². The molecule has 0 aliphatic carbocycles. The highest BCUT2D eigenvalue weighted by molar-refractivity contribution is 6.57. The van der Waals surface area contributed by atoms with Crippen molar-refractivity contribution in [1.82, 2.24) is 0 Å². The van der Waals surface area contributed by atoms with E-state index in [0.717, 1.165) is 11.1 Å². The van der Waals surface area contributed by atoms with Crippen LogP contribution in [0.25, 0.3) is 0 Å². The Labute approximate surface area is 132 Å². The molecule has 21 heavy (non-hydrogen) atoms. The molecule has 2 rings (SSSR count). The molecule has 0 fully saturated rings. The van der Waals surface area contributed by atoms with Crippen molar-refractivity contribution >= 4 is 40.8 Å². The number of hydrogen-bond acceptors (Lipinski definition) is 3. The number of carbonyl (C=O) groups is 2. The number of rotatable bonds is 2. The van der Waals surface area contributed by atoms with Gasteiger partial charge in [0.2, 0.25) is 0 Å². The first-order valence-electron chi connectivity index (χ1n) is 6.14. The van der Waals surface area contributed by atoms with Crippen molar-refractivity contribution in [2.75, 3.05) is 12.0 Å². The summed E-state index contributed by atoms with van der Waals surface area (Å²) in [7, 11) is 1.23. The van der Waals surface area contributed by atoms with Gasteiger partial charge >= 0.3 is 5.97 Å². The Balaban J connectivity index is 2.64. The van der Waals surface area contributed by atoms with Crippen LogP contribution in [0.2, 0.25) is 0 Å². The lowest BCUT2D eigenvalue weighted by molar-refractivity contribution is -0.135. The third-order valence-corrected chi connectivity index (χ3v) is 3.57. The van der Waals surface area contributed by atoms with Gasteiger partial charge in [-0.05, 0) is 25.0 Å². The monoisotopic (exact) mass is 325 g/mol. The predicted molar refractivity (Wildman–Crippen MR) is 82.2 cm³/mol. The number of para-hydroxylation sites is 1. The smallest absolute Gasteiger partial charge is 0.340 e. The van der Waals surface area contributed by atoms with Gasteiger partial charge in [-0.1, -0.05) is 41.4 Å². The summed E-state index contributed by atoms with van der Waals surface area (Å²) in [5.74, 6) is -1.05. The second-order valence-electron chi connectivity index (χ2n) is 4.57. The van der Waals surface area contributed by atoms with Gasteiger partial charge in [0.15, 0.2) is 0 Å². The number of anilines is 1. The van der Waals surface area contributed by atoms with E-state index in [1.54, 1.807) is 0 Å². The molecule has 0 aromatic heterocycles. The number of carbonyl (C=O) groups excluding carboxylic acids is 2. The molecule has 0 saturated heterocycles. The van der Waals surface area contributed by atoms with Gasteiger partial charge in [-0.15, -0.1) is 0 Å². The summed E-state index contributed by atoms with van der Waals surface area (Å²) in [5.41, 5.74) is 2.59. The van der Waals surface area contributed by atoms with Crippen molar-refractivity contribution in [2.24, 2.45) is 0 Å². The number of halogens is 2. The maximum absolute atomic E-state index is 12.3. The number of nitrogens with zero attached hydrogens (tertiary/aromatic N) is 1. The van der Waals surface area contributed by atoms with E-state index < -0.39 is 5.97 Å². The van der Waals surface area contributed by atoms with Crippen LogP contribution in [-0.2, 0) is 14.3 Å². The van der Waals surface area contributed by atoms with Crippen LogP contribution in [0, 0.1) is 13.8 Å². The van der Waals surface area contributed by atoms with Gasteiger partial charge in [0.1, 0.15) is 4.49 Å². The van der Waals surface area contributed by atoms with Crippen LogP contribution in [0.5, 0.6) is 0 Å². The first-order valence-corrected chi connectivity index (χ1v) is 6.90. The summed E-state index contributed by atoms with van der Waals surface area (Å²) < 4.78 is 4.50. The Morgan fingerprint density at radius 2 is 1.76 bits per heavy atom. The van der Waals surface area contributed by atoms with E-state index in [4.69, 9.17) is 23.2 Å². The molecule has 1 heterocycles. The third-order valence-electron chi connectivity index (χ3n) is 3.21. The minimum absolute atomic E-state index is 0.0464. The SMILES string of the molecule is COC(=O)C1=CC(=O)N(c2c(C)cccc2C)C1=C(Cl)Cl. The minimum atomic E-state index is -0.661. The lowest BCUT2D eigenvalue weighted by Gasteiger charge is -2.23. The molecular formula is C15H13Cl2NO3. The average Bonchev–Trinajstić information content (AvgIpc) is 2.76. The second kappa shape index (κ2) is 5.92. The molecule has 4 nitrogen and oxygen atoms in total. The molecule has 1 aromatic rings. The number of methoxy groups -OCH3 is 1. The molecule has 6 heteroatoms. The largest absolute Gasteiger partial charge is 0.465 e. The minimum Gasteiger partial charge on any atom is -0.465 e. The Bertz CT molecular complexity index is 668. The summed E-state index contributed by atoms with van der Waals surface area (Å²) in [6, 6.07) is 5.62. The number of aryl methyl sites for hydroxylation is 2. The molecule has 110 valence electrons. The topological polar surface area (TPSA) is 46.6 Å². The fraction of sp³-hybridized carbons (Fsp3) is 0.200. The van der Waals surface area contributed by atoms with Gasteiger partial charge in [-0.3, -0.25) is 9.69 Å². The van der Waals surface area contributed by atoms with Crippen molar-refractivity contribution in [3.8, 4) is 0 Å². The van der Waals surface area contributed by atoms with Crippen LogP contribution in [0.15, 0.2) is 40.0 Å². The van der Waals surface area contributed by atoms with Crippen LogP contribution in [-0.4, -0.2) is 19.0 Å². The zero-order valence-corrected chi connectivity index (χ0v) is 13.2. The molecule has 0 radical (unpaired) electrons. The molecule has 1 aliphatic rings. The number of ether oxygens (including phenoxy) is 1. The third kappa shape index (κ3) is 2.69. The molecule has 0 unspecified atom stereocenters. The maximum Gasteiger partial charge on any atom is 0.340 e. The molecule has 1 aliphatic heterocycles. The predicted octanol–water partition coefficient (Wildman–Crippen LogP) is 3.40. The van der Waals surface area contributed by atoms with Crippen LogP contribution in [0.1, 0.15) is 11.1 Å². The van der Waals surface area contributed by atoms with Crippen molar-refractivity contribution < 1.29 is 14.3 Å². The number of amides is 1. The quantitative estimate of drug-likeness (QED) is 0.783. The van der Waals surface area contributed by atoms with Crippen molar-refractivity contribution in [3.63, 3.8) is 0 Å². The molecule has 0 saturated carbocycles. The lowest BCUT2D eigenvalue weighted by atomic mass is 10.1. The molecule has 0 bridgehead atoms. The van der Waals surface area contributed by atoms with Gasteiger partial charge in [0.25, 0.3) is 5.91 Å². The second-order valence-corrected chi connectivity index (χ2v) is 5.52. The van der Waals surface area contributed by atoms with E-state index in [9.17, 15) is 9.59 Å². The Morgan fingerprint density at radius 1 is 1.19 bits per heavy atom. The maximum atomic E-state index is 12.3. The van der Waals surface area contributed by atoms with Crippen LogP contribution < -0.4 is 4.90 Å². The lowest BCUT2D eigenvalue weighted by Crippen LogP contribution is -2.26. The number of benzene rings is 1. The average molecular weight is 326 g/mol. The molecular weight excluding hydrogens is 313 g/mol. The number of esters is 1. The van der Waals surface area contributed by atoms with E-state index in [1.165, 1.54) is 18.1 Å². The fourth-order valence-corrected chi connectivity index (χ4v) is 2.69. The fourth-order valence-electron chi connectivity index (χ4n) is 2.32. The van der Waals surface area contributed by atoms with Crippen LogP contribution >= 0.6 is 23.2 Å². The molecule has 0 spiro atoms. The van der Waals surface area contributed by atoms with Crippen LogP contribution in [0.4, 0.5) is 5.69 Å². The molecule has 1 aromatic carbocycles. The van der Waals surface area contributed by atoms with Gasteiger partial charge in [0, 0.05) is 6.08 Å². The van der Waals surface area contributed by atoms with E-state index in [0.29, 0.717) is 5.69 Å². The Kier molecular flexibility index (Phi) is 4.40. The zero-order chi connectivity index (χ0) is 15.7. The number of hydrogen-bond donors (Lipinski definition) is 0. The molecule has 1 amide bonds. The van der Waals surface area contributed by atoms with E-state index in [1.807, 2.05) is 32.0 Å². The van der Waals surface area contributed by atoms with Gasteiger partial charge in [0.05, 0.1) is 24.1 Å². The molecule has 0 atom stereocenters. The van der Waals surface area contributed by atoms with Gasteiger partial charge in [-0.25, -0.2) is 4.79 Å². The standard InChI is InChI=1S/C15H13Cl2NO3/c1-8-5-4-6-9(2)12(8)18-11(19)7-10(15(20)21-3)13(18)14(16)17/h4-7H,1-3H3. The summed E-state index contributed by atoms with van der Waals surface area (Å²) in [6.45, 7) is 3.73. The summed E-state index contributed by atoms with van der Waals surface area (Å²) >= 11 is 11.8. The Morgan fingerprint density at radius 3 is 2.24 bits per heavy atom. The van der Waals surface area contributed by atoms with Gasteiger partial charge < -0.3 is 4.74 Å².